The van der Waals surface area contributed by atoms with Crippen molar-refractivity contribution in [3.05, 3.63) is 94.6 Å². The Balaban J connectivity index is 1.89. The lowest BCUT2D eigenvalue weighted by molar-refractivity contribution is -0.139. The molecule has 8 nitrogen and oxygen atoms in total. The zero-order chi connectivity index (χ0) is 26.0. The van der Waals surface area contributed by atoms with E-state index in [0.717, 1.165) is 5.56 Å². The normalized spacial score (nSPS) is 15.3. The summed E-state index contributed by atoms with van der Waals surface area (Å²) in [7, 11) is 1.30. The smallest absolute Gasteiger partial charge is 0.341 e. The molecule has 0 amide bonds. The van der Waals surface area contributed by atoms with E-state index in [4.69, 9.17) is 37.8 Å². The Morgan fingerprint density at radius 3 is 2.44 bits per heavy atom. The summed E-state index contributed by atoms with van der Waals surface area (Å²) in [5.74, 6) is -1.67. The van der Waals surface area contributed by atoms with E-state index in [1.54, 1.807) is 6.08 Å². The van der Waals surface area contributed by atoms with Gasteiger partial charge in [0.1, 0.15) is 0 Å². The summed E-state index contributed by atoms with van der Waals surface area (Å²) >= 11 is 13.7. The molecule has 0 aliphatic carbocycles. The summed E-state index contributed by atoms with van der Waals surface area (Å²) in [5, 5.41) is 9.04. The molecule has 1 N–H and O–H groups in total. The van der Waals surface area contributed by atoms with Gasteiger partial charge in [0.25, 0.3) is 5.56 Å². The van der Waals surface area contributed by atoms with Gasteiger partial charge in [-0.2, -0.15) is 0 Å². The largest absolute Gasteiger partial charge is 0.479 e. The maximum absolute atomic E-state index is 13.6. The average Bonchev–Trinajstić information content (AvgIpc) is 3.16. The van der Waals surface area contributed by atoms with Crippen molar-refractivity contribution in [3.63, 3.8) is 0 Å². The molecule has 11 heteroatoms. The van der Waals surface area contributed by atoms with Gasteiger partial charge in [-0.05, 0) is 35.8 Å². The minimum Gasteiger partial charge on any atom is -0.479 e. The number of fused-ring (bicyclic) bond motifs is 1. The van der Waals surface area contributed by atoms with Crippen LogP contribution in [0.4, 0.5) is 0 Å². The summed E-state index contributed by atoms with van der Waals surface area (Å²) in [6.45, 7) is 1.29. The number of carboxylic acids is 1. The van der Waals surface area contributed by atoms with Crippen LogP contribution in [0.25, 0.3) is 6.08 Å². The predicted molar refractivity (Wildman–Crippen MR) is 136 cm³/mol. The molecule has 1 aliphatic heterocycles. The molecule has 1 aromatic heterocycles. The number of carbonyl (C=O) groups is 2. The van der Waals surface area contributed by atoms with Crippen molar-refractivity contribution < 1.29 is 24.2 Å². The van der Waals surface area contributed by atoms with Gasteiger partial charge < -0.3 is 14.6 Å². The fourth-order valence-electron chi connectivity index (χ4n) is 3.90. The number of rotatable bonds is 7. The quantitative estimate of drug-likeness (QED) is 0.454. The van der Waals surface area contributed by atoms with E-state index in [0.29, 0.717) is 32.6 Å². The third-order valence-electron chi connectivity index (χ3n) is 5.42. The fraction of sp³-hybridized carbons (Fsp3) is 0.200. The second-order valence-electron chi connectivity index (χ2n) is 7.69. The summed E-state index contributed by atoms with van der Waals surface area (Å²) in [5.41, 5.74) is 1.78. The minimum absolute atomic E-state index is 0.0405. The van der Waals surface area contributed by atoms with E-state index in [2.05, 4.69) is 4.99 Å². The SMILES string of the molecule is CCC1=C(C(=O)OC)[C@H](c2ccccc2)n2c(s/c(=C\c3cc(Cl)c(OCC(=O)O)c(Cl)c3)c2=O)=N1. The van der Waals surface area contributed by atoms with Gasteiger partial charge >= 0.3 is 11.9 Å². The van der Waals surface area contributed by atoms with Crippen molar-refractivity contribution in [3.8, 4) is 5.75 Å². The molecular weight excluding hydrogens is 527 g/mol. The van der Waals surface area contributed by atoms with Gasteiger partial charge in [-0.25, -0.2) is 14.6 Å². The Kier molecular flexibility index (Phi) is 7.63. The second kappa shape index (κ2) is 10.7. The molecule has 0 unspecified atom stereocenters. The molecule has 4 rings (SSSR count). The number of aromatic nitrogens is 1. The first kappa shape index (κ1) is 25.7. The number of carbonyl (C=O) groups excluding carboxylic acids is 1. The molecule has 186 valence electrons. The summed E-state index contributed by atoms with van der Waals surface area (Å²) < 4.78 is 12.0. The summed E-state index contributed by atoms with van der Waals surface area (Å²) in [4.78, 5) is 42.3. The number of nitrogens with zero attached hydrogens (tertiary/aromatic N) is 2. The second-order valence-corrected chi connectivity index (χ2v) is 9.52. The molecule has 2 aromatic carbocycles. The van der Waals surface area contributed by atoms with Gasteiger partial charge in [0.15, 0.2) is 17.2 Å². The van der Waals surface area contributed by atoms with Crippen molar-refractivity contribution in [2.75, 3.05) is 13.7 Å². The number of thiazole rings is 1. The van der Waals surface area contributed by atoms with Crippen LogP contribution in [0.5, 0.6) is 5.75 Å². The van der Waals surface area contributed by atoms with E-state index in [1.165, 1.54) is 35.1 Å². The lowest BCUT2D eigenvalue weighted by Gasteiger charge is -2.25. The van der Waals surface area contributed by atoms with E-state index in [1.807, 2.05) is 37.3 Å². The van der Waals surface area contributed by atoms with Crippen LogP contribution in [0.15, 0.2) is 63.5 Å². The van der Waals surface area contributed by atoms with Gasteiger partial charge in [-0.15, -0.1) is 0 Å². The van der Waals surface area contributed by atoms with Crippen LogP contribution in [-0.4, -0.2) is 35.3 Å². The molecule has 3 aromatic rings. The Bertz CT molecular complexity index is 1540. The number of ether oxygens (including phenoxy) is 2. The van der Waals surface area contributed by atoms with Crippen LogP contribution >= 0.6 is 34.5 Å². The first-order valence-electron chi connectivity index (χ1n) is 10.8. The van der Waals surface area contributed by atoms with Crippen LogP contribution < -0.4 is 19.6 Å². The molecule has 0 bridgehead atoms. The van der Waals surface area contributed by atoms with Gasteiger partial charge in [0, 0.05) is 0 Å². The van der Waals surface area contributed by atoms with E-state index < -0.39 is 24.6 Å². The summed E-state index contributed by atoms with van der Waals surface area (Å²) in [6.07, 6.45) is 2.08. The average molecular weight is 547 g/mol. The zero-order valence-corrected chi connectivity index (χ0v) is 21.5. The monoisotopic (exact) mass is 546 g/mol. The van der Waals surface area contributed by atoms with Crippen molar-refractivity contribution in [2.45, 2.75) is 19.4 Å². The van der Waals surface area contributed by atoms with Crippen molar-refractivity contribution in [2.24, 2.45) is 4.99 Å². The standard InChI is InChI=1S/C25H20Cl2N2O6S/c1-3-17-20(24(33)34-2)21(14-7-5-4-6-8-14)29-23(32)18(36-25(29)28-17)11-13-9-15(26)22(16(27)10-13)35-12-19(30)31/h4-11,21H,3,12H2,1-2H3,(H,30,31)/b18-11-/t21-/m0/s1. The van der Waals surface area contributed by atoms with Crippen LogP contribution in [-0.2, 0) is 14.3 Å². The zero-order valence-electron chi connectivity index (χ0n) is 19.2. The first-order chi connectivity index (χ1) is 17.2. The van der Waals surface area contributed by atoms with Gasteiger partial charge in [0.05, 0.1) is 39.0 Å². The molecule has 1 aliphatic rings. The Hall–Kier alpha value is -3.40. The Morgan fingerprint density at radius 2 is 1.86 bits per heavy atom. The van der Waals surface area contributed by atoms with Crippen molar-refractivity contribution in [1.29, 1.82) is 0 Å². The maximum atomic E-state index is 13.6. The van der Waals surface area contributed by atoms with E-state index in [9.17, 15) is 14.4 Å². The van der Waals surface area contributed by atoms with Crippen LogP contribution in [0.1, 0.15) is 30.5 Å². The highest BCUT2D eigenvalue weighted by molar-refractivity contribution is 7.07. The predicted octanol–water partition coefficient (Wildman–Crippen LogP) is 3.57. The molecular formula is C25H20Cl2N2O6S. The number of hydrogen-bond acceptors (Lipinski definition) is 7. The minimum atomic E-state index is -1.17. The first-order valence-corrected chi connectivity index (χ1v) is 12.3. The number of aliphatic carboxylic acids is 1. The maximum Gasteiger partial charge on any atom is 0.341 e. The third kappa shape index (κ3) is 4.95. The number of esters is 1. The van der Waals surface area contributed by atoms with E-state index >= 15 is 0 Å². The highest BCUT2D eigenvalue weighted by Crippen LogP contribution is 2.35. The molecule has 0 radical (unpaired) electrons. The van der Waals surface area contributed by atoms with Crippen molar-refractivity contribution in [1.82, 2.24) is 4.57 Å². The molecule has 0 fully saturated rings. The highest BCUT2D eigenvalue weighted by Gasteiger charge is 2.33. The van der Waals surface area contributed by atoms with Crippen LogP contribution in [0.2, 0.25) is 10.0 Å². The number of halogens is 2. The molecule has 0 saturated carbocycles. The van der Waals surface area contributed by atoms with Crippen molar-refractivity contribution >= 4 is 52.6 Å². The number of methoxy groups -OCH3 is 1. The summed E-state index contributed by atoms with van der Waals surface area (Å²) in [6, 6.07) is 11.6. The van der Waals surface area contributed by atoms with Gasteiger partial charge in [-0.1, -0.05) is 71.8 Å². The highest BCUT2D eigenvalue weighted by atomic mass is 35.5. The lowest BCUT2D eigenvalue weighted by atomic mass is 9.95. The number of hydrogen-bond donors (Lipinski definition) is 1. The number of carboxylic acid groups (broad SMARTS) is 1. The van der Waals surface area contributed by atoms with Crippen LogP contribution in [0.3, 0.4) is 0 Å². The third-order valence-corrected chi connectivity index (χ3v) is 6.97. The topological polar surface area (TPSA) is 107 Å². The molecule has 0 spiro atoms. The van der Waals surface area contributed by atoms with Gasteiger partial charge in [-0.3, -0.25) is 9.36 Å². The number of benzene rings is 2. The Morgan fingerprint density at radius 1 is 1.19 bits per heavy atom. The molecule has 1 atom stereocenters. The lowest BCUT2D eigenvalue weighted by Crippen LogP contribution is -2.40. The van der Waals surface area contributed by atoms with Crippen LogP contribution in [0, 0.1) is 0 Å². The molecule has 0 saturated heterocycles. The fourth-order valence-corrected chi connectivity index (χ4v) is 5.53. The Labute approximate surface area is 219 Å². The molecule has 36 heavy (non-hydrogen) atoms. The van der Waals surface area contributed by atoms with E-state index in [-0.39, 0.29) is 21.4 Å². The molecule has 2 heterocycles. The van der Waals surface area contributed by atoms with Gasteiger partial charge in [0.2, 0.25) is 0 Å². The number of allylic oxidation sites excluding steroid dienone is 1.